The molecular weight excluding hydrogens is 382 g/mol. The van der Waals surface area contributed by atoms with Gasteiger partial charge < -0.3 is 19.1 Å². The Morgan fingerprint density at radius 1 is 1.25 bits per heavy atom. The number of anilines is 1. The summed E-state index contributed by atoms with van der Waals surface area (Å²) in [5, 5.41) is 0.396. The quantitative estimate of drug-likeness (QED) is 0.539. The van der Waals surface area contributed by atoms with E-state index < -0.39 is 12.1 Å². The molecule has 3 rings (SSSR count). The molecule has 1 aliphatic rings. The van der Waals surface area contributed by atoms with Gasteiger partial charge in [0.15, 0.2) is 17.6 Å². The fourth-order valence-electron chi connectivity index (χ4n) is 2.80. The van der Waals surface area contributed by atoms with Crippen molar-refractivity contribution in [3.8, 4) is 11.5 Å². The summed E-state index contributed by atoms with van der Waals surface area (Å²) in [7, 11) is 0. The average Bonchev–Trinajstić information content (AvgIpc) is 3.17. The molecule has 0 saturated heterocycles. The average molecular weight is 402 g/mol. The lowest BCUT2D eigenvalue weighted by Crippen LogP contribution is -2.39. The number of carbonyl (C=O) groups excluding carboxylic acids is 2. The van der Waals surface area contributed by atoms with Gasteiger partial charge >= 0.3 is 5.97 Å². The zero-order valence-corrected chi connectivity index (χ0v) is 16.3. The first-order valence-electron chi connectivity index (χ1n) is 8.84. The molecule has 0 radical (unpaired) electrons. The van der Waals surface area contributed by atoms with Crippen molar-refractivity contribution in [3.05, 3.63) is 59.1 Å². The van der Waals surface area contributed by atoms with E-state index in [9.17, 15) is 9.59 Å². The molecule has 0 aromatic heterocycles. The van der Waals surface area contributed by atoms with Gasteiger partial charge in [-0.15, -0.1) is 0 Å². The molecule has 0 fully saturated rings. The third kappa shape index (κ3) is 4.46. The molecule has 0 bridgehead atoms. The van der Waals surface area contributed by atoms with Crippen LogP contribution >= 0.6 is 11.6 Å². The molecule has 0 aliphatic carbocycles. The van der Waals surface area contributed by atoms with E-state index in [-0.39, 0.29) is 12.7 Å². The standard InChI is InChI=1S/C21H20ClNO5/c1-3-23(16-7-5-4-6-8-16)21(25)14(2)28-19(24)10-9-15-11-17(22)20-18(12-15)26-13-27-20/h4-12,14H,3,13H2,1-2H3/b10-9+/t14-/m1/s1. The lowest BCUT2D eigenvalue weighted by Gasteiger charge is -2.24. The Hall–Kier alpha value is -2.99. The zero-order chi connectivity index (χ0) is 20.1. The van der Waals surface area contributed by atoms with Gasteiger partial charge in [0.2, 0.25) is 6.79 Å². The van der Waals surface area contributed by atoms with Gasteiger partial charge in [-0.05, 0) is 49.8 Å². The summed E-state index contributed by atoms with van der Waals surface area (Å²) in [5.74, 6) is 0.0898. The van der Waals surface area contributed by atoms with E-state index in [2.05, 4.69) is 0 Å². The normalized spacial score (nSPS) is 13.4. The minimum Gasteiger partial charge on any atom is -0.454 e. The largest absolute Gasteiger partial charge is 0.454 e. The number of ether oxygens (including phenoxy) is 3. The first kappa shape index (κ1) is 19.8. The van der Waals surface area contributed by atoms with Crippen molar-refractivity contribution in [2.75, 3.05) is 18.2 Å². The molecule has 1 amide bonds. The van der Waals surface area contributed by atoms with Crippen LogP contribution in [0, 0.1) is 0 Å². The Morgan fingerprint density at radius 3 is 2.71 bits per heavy atom. The molecule has 1 heterocycles. The number of amides is 1. The summed E-state index contributed by atoms with van der Waals surface area (Å²) in [6, 6.07) is 12.6. The smallest absolute Gasteiger partial charge is 0.331 e. The van der Waals surface area contributed by atoms with Gasteiger partial charge in [0.25, 0.3) is 5.91 Å². The van der Waals surface area contributed by atoms with Crippen molar-refractivity contribution in [1.82, 2.24) is 0 Å². The number of carbonyl (C=O) groups is 2. The Balaban J connectivity index is 1.63. The van der Waals surface area contributed by atoms with Crippen molar-refractivity contribution in [3.63, 3.8) is 0 Å². The molecule has 2 aromatic rings. The maximum atomic E-state index is 12.6. The minimum absolute atomic E-state index is 0.110. The van der Waals surface area contributed by atoms with Crippen LogP contribution in [0.5, 0.6) is 11.5 Å². The summed E-state index contributed by atoms with van der Waals surface area (Å²) in [6.07, 6.45) is 1.87. The second kappa shape index (κ2) is 8.80. The summed E-state index contributed by atoms with van der Waals surface area (Å²) in [5.41, 5.74) is 1.41. The van der Waals surface area contributed by atoms with Crippen LogP contribution in [0.25, 0.3) is 6.08 Å². The van der Waals surface area contributed by atoms with Crippen LogP contribution in [-0.2, 0) is 14.3 Å². The zero-order valence-electron chi connectivity index (χ0n) is 15.6. The van der Waals surface area contributed by atoms with Crippen molar-refractivity contribution < 1.29 is 23.8 Å². The number of halogens is 1. The lowest BCUT2D eigenvalue weighted by atomic mass is 10.2. The third-order valence-electron chi connectivity index (χ3n) is 4.15. The number of hydrogen-bond acceptors (Lipinski definition) is 5. The van der Waals surface area contributed by atoms with Crippen molar-refractivity contribution in [1.29, 1.82) is 0 Å². The monoisotopic (exact) mass is 401 g/mol. The van der Waals surface area contributed by atoms with E-state index in [1.54, 1.807) is 30.0 Å². The fourth-order valence-corrected chi connectivity index (χ4v) is 3.08. The Labute approximate surface area is 168 Å². The first-order chi connectivity index (χ1) is 13.5. The summed E-state index contributed by atoms with van der Waals surface area (Å²) < 4.78 is 15.8. The molecule has 7 heteroatoms. The minimum atomic E-state index is -0.919. The highest BCUT2D eigenvalue weighted by molar-refractivity contribution is 6.32. The van der Waals surface area contributed by atoms with E-state index in [0.717, 1.165) is 5.69 Å². The van der Waals surface area contributed by atoms with E-state index in [1.807, 2.05) is 37.3 Å². The topological polar surface area (TPSA) is 65.1 Å². The van der Waals surface area contributed by atoms with Crippen molar-refractivity contribution >= 4 is 35.2 Å². The Morgan fingerprint density at radius 2 is 2.00 bits per heavy atom. The third-order valence-corrected chi connectivity index (χ3v) is 4.43. The lowest BCUT2D eigenvalue weighted by molar-refractivity contribution is -0.149. The number of para-hydroxylation sites is 1. The van der Waals surface area contributed by atoms with Crippen molar-refractivity contribution in [2.24, 2.45) is 0 Å². The van der Waals surface area contributed by atoms with E-state index in [1.165, 1.54) is 6.08 Å². The highest BCUT2D eigenvalue weighted by Crippen LogP contribution is 2.40. The Kier molecular flexibility index (Phi) is 6.21. The number of rotatable bonds is 6. The van der Waals surface area contributed by atoms with Crippen LogP contribution in [-0.4, -0.2) is 31.3 Å². The summed E-state index contributed by atoms with van der Waals surface area (Å²) >= 11 is 6.12. The molecule has 1 atom stereocenters. The van der Waals surface area contributed by atoms with Gasteiger partial charge in [-0.3, -0.25) is 4.79 Å². The maximum Gasteiger partial charge on any atom is 0.331 e. The van der Waals surface area contributed by atoms with E-state index in [0.29, 0.717) is 28.6 Å². The van der Waals surface area contributed by atoms with Crippen LogP contribution in [0.1, 0.15) is 19.4 Å². The number of likely N-dealkylation sites (N-methyl/N-ethyl adjacent to an activating group) is 1. The van der Waals surface area contributed by atoms with Crippen LogP contribution in [0.15, 0.2) is 48.5 Å². The van der Waals surface area contributed by atoms with E-state index in [4.69, 9.17) is 25.8 Å². The van der Waals surface area contributed by atoms with Crippen LogP contribution in [0.3, 0.4) is 0 Å². The first-order valence-corrected chi connectivity index (χ1v) is 9.21. The fraction of sp³-hybridized carbons (Fsp3) is 0.238. The van der Waals surface area contributed by atoms with Gasteiger partial charge in [-0.2, -0.15) is 0 Å². The molecule has 28 heavy (non-hydrogen) atoms. The molecule has 0 spiro atoms. The van der Waals surface area contributed by atoms with Gasteiger partial charge in [-0.25, -0.2) is 4.79 Å². The summed E-state index contributed by atoms with van der Waals surface area (Å²) in [6.45, 7) is 4.00. The Bertz CT molecular complexity index is 897. The van der Waals surface area contributed by atoms with Gasteiger partial charge in [-0.1, -0.05) is 29.8 Å². The number of nitrogens with zero attached hydrogens (tertiary/aromatic N) is 1. The molecule has 0 saturated carbocycles. The molecule has 2 aromatic carbocycles. The number of esters is 1. The highest BCUT2D eigenvalue weighted by atomic mass is 35.5. The van der Waals surface area contributed by atoms with Gasteiger partial charge in [0.1, 0.15) is 0 Å². The number of benzene rings is 2. The molecule has 0 N–H and O–H groups in total. The molecule has 146 valence electrons. The SMILES string of the molecule is CCN(C(=O)[C@@H](C)OC(=O)/C=C/c1cc(Cl)c2c(c1)OCO2)c1ccccc1. The maximum absolute atomic E-state index is 12.6. The van der Waals surface area contributed by atoms with Crippen molar-refractivity contribution in [2.45, 2.75) is 20.0 Å². The summed E-state index contributed by atoms with van der Waals surface area (Å²) in [4.78, 5) is 26.3. The van der Waals surface area contributed by atoms with Gasteiger partial charge in [0, 0.05) is 18.3 Å². The molecule has 6 nitrogen and oxygen atoms in total. The van der Waals surface area contributed by atoms with Crippen LogP contribution in [0.2, 0.25) is 5.02 Å². The second-order valence-electron chi connectivity index (χ2n) is 6.07. The van der Waals surface area contributed by atoms with E-state index >= 15 is 0 Å². The second-order valence-corrected chi connectivity index (χ2v) is 6.47. The van der Waals surface area contributed by atoms with Gasteiger partial charge in [0.05, 0.1) is 5.02 Å². The molecule has 0 unspecified atom stereocenters. The number of hydrogen-bond donors (Lipinski definition) is 0. The predicted octanol–water partition coefficient (Wildman–Crippen LogP) is 4.07. The highest BCUT2D eigenvalue weighted by Gasteiger charge is 2.23. The number of fused-ring (bicyclic) bond motifs is 1. The molecule has 1 aliphatic heterocycles. The molecular formula is C21H20ClNO5. The van der Waals surface area contributed by atoms with Crippen LogP contribution < -0.4 is 14.4 Å². The predicted molar refractivity (Wildman–Crippen MR) is 107 cm³/mol. The van der Waals surface area contributed by atoms with Crippen LogP contribution in [0.4, 0.5) is 5.69 Å².